The second kappa shape index (κ2) is 4.37. The summed E-state index contributed by atoms with van der Waals surface area (Å²) in [6.45, 7) is 1.93. The molecule has 88 valence electrons. The van der Waals surface area contributed by atoms with Gasteiger partial charge in [0.25, 0.3) is 0 Å². The van der Waals surface area contributed by atoms with Gasteiger partial charge in [0.05, 0.1) is 12.6 Å². The Morgan fingerprint density at radius 2 is 2.18 bits per heavy atom. The lowest BCUT2D eigenvalue weighted by atomic mass is 10.1. The van der Waals surface area contributed by atoms with Crippen LogP contribution in [0.3, 0.4) is 0 Å². The first-order chi connectivity index (χ1) is 8.11. The molecule has 0 spiro atoms. The van der Waals surface area contributed by atoms with E-state index in [4.69, 9.17) is 0 Å². The summed E-state index contributed by atoms with van der Waals surface area (Å²) in [4.78, 5) is 22.9. The van der Waals surface area contributed by atoms with Crippen LogP contribution in [0.5, 0.6) is 0 Å². The molecule has 0 saturated heterocycles. The van der Waals surface area contributed by atoms with E-state index < -0.39 is 5.97 Å². The van der Waals surface area contributed by atoms with Crippen molar-refractivity contribution in [3.05, 3.63) is 29.5 Å². The minimum atomic E-state index is -0.557. The molecule has 0 atom stereocenters. The van der Waals surface area contributed by atoms with Crippen LogP contribution >= 0.6 is 0 Å². The van der Waals surface area contributed by atoms with Crippen molar-refractivity contribution < 1.29 is 14.3 Å². The largest absolute Gasteiger partial charge is 0.469 e. The standard InChI is InChI=1S/C12H12N2O3/c1-7-3-4-9-8(5-7)12(14-13-9)10(15)6-11(16)17-2/h3-5H,6H2,1-2H3,(H,13,14). The summed E-state index contributed by atoms with van der Waals surface area (Å²) in [5.74, 6) is -0.896. The van der Waals surface area contributed by atoms with Gasteiger partial charge in [0.2, 0.25) is 0 Å². The number of nitrogens with zero attached hydrogens (tertiary/aromatic N) is 1. The molecular weight excluding hydrogens is 220 g/mol. The number of esters is 1. The lowest BCUT2D eigenvalue weighted by Crippen LogP contribution is -2.10. The number of Topliss-reactive ketones (excluding diaryl/α,β-unsaturated/α-hetero) is 1. The average Bonchev–Trinajstić information content (AvgIpc) is 2.71. The molecule has 17 heavy (non-hydrogen) atoms. The van der Waals surface area contributed by atoms with Crippen LogP contribution in [0.15, 0.2) is 18.2 Å². The molecule has 0 unspecified atom stereocenters. The second-order valence-corrected chi connectivity index (χ2v) is 3.80. The first-order valence-corrected chi connectivity index (χ1v) is 5.16. The normalized spacial score (nSPS) is 10.5. The predicted molar refractivity (Wildman–Crippen MR) is 61.8 cm³/mol. The molecule has 0 amide bonds. The first-order valence-electron chi connectivity index (χ1n) is 5.16. The highest BCUT2D eigenvalue weighted by atomic mass is 16.5. The Labute approximate surface area is 97.8 Å². The Bertz CT molecular complexity index is 586. The number of aromatic amines is 1. The van der Waals surface area contributed by atoms with Gasteiger partial charge in [0, 0.05) is 5.39 Å². The average molecular weight is 232 g/mol. The zero-order valence-electron chi connectivity index (χ0n) is 9.61. The number of H-pyrrole nitrogens is 1. The number of benzene rings is 1. The smallest absolute Gasteiger partial charge is 0.313 e. The number of rotatable bonds is 3. The van der Waals surface area contributed by atoms with E-state index in [1.165, 1.54) is 7.11 Å². The monoisotopic (exact) mass is 232 g/mol. The summed E-state index contributed by atoms with van der Waals surface area (Å²) < 4.78 is 4.46. The third kappa shape index (κ3) is 2.18. The van der Waals surface area contributed by atoms with Crippen molar-refractivity contribution in [3.63, 3.8) is 0 Å². The molecule has 1 aromatic carbocycles. The molecule has 5 nitrogen and oxygen atoms in total. The third-order valence-electron chi connectivity index (χ3n) is 2.52. The Kier molecular flexibility index (Phi) is 2.91. The molecule has 0 radical (unpaired) electrons. The molecular formula is C12H12N2O3. The third-order valence-corrected chi connectivity index (χ3v) is 2.52. The maximum atomic E-state index is 11.8. The van der Waals surface area contributed by atoms with Gasteiger partial charge < -0.3 is 4.74 Å². The van der Waals surface area contributed by atoms with Crippen LogP contribution in [0.25, 0.3) is 10.9 Å². The summed E-state index contributed by atoms with van der Waals surface area (Å²) in [5, 5.41) is 7.44. The second-order valence-electron chi connectivity index (χ2n) is 3.80. The predicted octanol–water partition coefficient (Wildman–Crippen LogP) is 1.62. The molecule has 0 bridgehead atoms. The molecule has 0 aliphatic carbocycles. The Morgan fingerprint density at radius 1 is 1.41 bits per heavy atom. The van der Waals surface area contributed by atoms with Crippen LogP contribution in [0.2, 0.25) is 0 Å². The molecule has 1 N–H and O–H groups in total. The molecule has 1 heterocycles. The lowest BCUT2D eigenvalue weighted by Gasteiger charge is -1.97. The highest BCUT2D eigenvalue weighted by molar-refractivity contribution is 6.11. The van der Waals surface area contributed by atoms with Crippen molar-refractivity contribution in [1.29, 1.82) is 0 Å². The number of nitrogens with one attached hydrogen (secondary N) is 1. The zero-order chi connectivity index (χ0) is 12.4. The fraction of sp³-hybridized carbons (Fsp3) is 0.250. The van der Waals surface area contributed by atoms with Gasteiger partial charge in [0.15, 0.2) is 5.78 Å². The van der Waals surface area contributed by atoms with Crippen molar-refractivity contribution in [2.45, 2.75) is 13.3 Å². The van der Waals surface area contributed by atoms with E-state index in [1.54, 1.807) is 0 Å². The van der Waals surface area contributed by atoms with E-state index in [2.05, 4.69) is 14.9 Å². The van der Waals surface area contributed by atoms with E-state index in [1.807, 2.05) is 25.1 Å². The van der Waals surface area contributed by atoms with Gasteiger partial charge in [-0.25, -0.2) is 0 Å². The molecule has 2 rings (SSSR count). The van der Waals surface area contributed by atoms with Crippen molar-refractivity contribution in [2.75, 3.05) is 7.11 Å². The van der Waals surface area contributed by atoms with E-state index in [0.29, 0.717) is 0 Å². The number of hydrogen-bond acceptors (Lipinski definition) is 4. The van der Waals surface area contributed by atoms with Gasteiger partial charge in [-0.15, -0.1) is 0 Å². The van der Waals surface area contributed by atoms with E-state index >= 15 is 0 Å². The van der Waals surface area contributed by atoms with Crippen molar-refractivity contribution >= 4 is 22.7 Å². The van der Waals surface area contributed by atoms with Gasteiger partial charge in [-0.2, -0.15) is 5.10 Å². The fourth-order valence-corrected chi connectivity index (χ4v) is 1.63. The number of aromatic nitrogens is 2. The minimum Gasteiger partial charge on any atom is -0.469 e. The number of fused-ring (bicyclic) bond motifs is 1. The van der Waals surface area contributed by atoms with E-state index in [0.717, 1.165) is 16.5 Å². The Balaban J connectivity index is 2.38. The highest BCUT2D eigenvalue weighted by Gasteiger charge is 2.17. The SMILES string of the molecule is COC(=O)CC(=O)c1n[nH]c2ccc(C)cc12. The Morgan fingerprint density at radius 3 is 2.88 bits per heavy atom. The van der Waals surface area contributed by atoms with Gasteiger partial charge in [-0.3, -0.25) is 14.7 Å². The molecule has 1 aromatic heterocycles. The highest BCUT2D eigenvalue weighted by Crippen LogP contribution is 2.18. The van der Waals surface area contributed by atoms with Crippen molar-refractivity contribution in [3.8, 4) is 0 Å². The maximum absolute atomic E-state index is 11.8. The zero-order valence-corrected chi connectivity index (χ0v) is 9.61. The summed E-state index contributed by atoms with van der Waals surface area (Å²) in [6, 6.07) is 5.64. The molecule has 0 aliphatic rings. The number of carbonyl (C=O) groups excluding carboxylic acids is 2. The summed E-state index contributed by atoms with van der Waals surface area (Å²) >= 11 is 0. The molecule has 2 aromatic rings. The van der Waals surface area contributed by atoms with E-state index in [-0.39, 0.29) is 17.9 Å². The van der Waals surface area contributed by atoms with Gasteiger partial charge in [-0.05, 0) is 19.1 Å². The quantitative estimate of drug-likeness (QED) is 0.496. The fourth-order valence-electron chi connectivity index (χ4n) is 1.63. The molecule has 0 aliphatic heterocycles. The Hall–Kier alpha value is -2.17. The minimum absolute atomic E-state index is 0.286. The van der Waals surface area contributed by atoms with Crippen LogP contribution in [0.1, 0.15) is 22.5 Å². The number of hydrogen-bond donors (Lipinski definition) is 1. The van der Waals surface area contributed by atoms with Crippen LogP contribution in [-0.4, -0.2) is 29.1 Å². The van der Waals surface area contributed by atoms with Crippen LogP contribution in [0, 0.1) is 6.92 Å². The first kappa shape index (κ1) is 11.3. The number of carbonyl (C=O) groups is 2. The number of methoxy groups -OCH3 is 1. The topological polar surface area (TPSA) is 72.1 Å². The van der Waals surface area contributed by atoms with Crippen molar-refractivity contribution in [1.82, 2.24) is 10.2 Å². The van der Waals surface area contributed by atoms with Gasteiger partial charge in [-0.1, -0.05) is 11.6 Å². The van der Waals surface area contributed by atoms with Crippen LogP contribution in [0.4, 0.5) is 0 Å². The molecule has 0 saturated carbocycles. The van der Waals surface area contributed by atoms with Crippen LogP contribution < -0.4 is 0 Å². The summed E-state index contributed by atoms with van der Waals surface area (Å²) in [6.07, 6.45) is -0.287. The maximum Gasteiger partial charge on any atom is 0.313 e. The number of ether oxygens (including phenoxy) is 1. The van der Waals surface area contributed by atoms with Crippen molar-refractivity contribution in [2.24, 2.45) is 0 Å². The molecule has 5 heteroatoms. The summed E-state index contributed by atoms with van der Waals surface area (Å²) in [5.41, 5.74) is 2.10. The molecule has 0 fully saturated rings. The van der Waals surface area contributed by atoms with Crippen LogP contribution in [-0.2, 0) is 9.53 Å². The van der Waals surface area contributed by atoms with Gasteiger partial charge in [0.1, 0.15) is 12.1 Å². The lowest BCUT2D eigenvalue weighted by molar-refractivity contribution is -0.139. The summed E-state index contributed by atoms with van der Waals surface area (Å²) in [7, 11) is 1.25. The number of ketones is 1. The van der Waals surface area contributed by atoms with Gasteiger partial charge >= 0.3 is 5.97 Å². The number of aryl methyl sites for hydroxylation is 1. The van der Waals surface area contributed by atoms with E-state index in [9.17, 15) is 9.59 Å².